The highest BCUT2D eigenvalue weighted by atomic mass is 19.1. The molecule has 0 radical (unpaired) electrons. The van der Waals surface area contributed by atoms with Crippen molar-refractivity contribution < 1.29 is 24.2 Å². The SMILES string of the molecule is N#Cc1ccc(N2C(=O)C(=O)/C(=C(/O)c3ccc(F)cc3)C2c2ccc(O)cc2)cc1. The van der Waals surface area contributed by atoms with E-state index in [0.717, 1.165) is 12.1 Å². The van der Waals surface area contributed by atoms with Crippen molar-refractivity contribution in [3.8, 4) is 11.8 Å². The molecule has 0 aliphatic carbocycles. The molecule has 6 nitrogen and oxygen atoms in total. The number of hydrogen-bond donors (Lipinski definition) is 2. The summed E-state index contributed by atoms with van der Waals surface area (Å²) in [6.45, 7) is 0. The lowest BCUT2D eigenvalue weighted by atomic mass is 9.95. The van der Waals surface area contributed by atoms with E-state index in [1.807, 2.05) is 6.07 Å². The number of phenolic OH excluding ortho intramolecular Hbond substituents is 1. The summed E-state index contributed by atoms with van der Waals surface area (Å²) in [5.74, 6) is -2.70. The van der Waals surface area contributed by atoms with E-state index < -0.39 is 29.3 Å². The monoisotopic (exact) mass is 414 g/mol. The van der Waals surface area contributed by atoms with Crippen LogP contribution in [-0.2, 0) is 9.59 Å². The molecule has 31 heavy (non-hydrogen) atoms. The van der Waals surface area contributed by atoms with Crippen molar-refractivity contribution in [3.63, 3.8) is 0 Å². The minimum atomic E-state index is -0.987. The summed E-state index contributed by atoms with van der Waals surface area (Å²) in [7, 11) is 0. The van der Waals surface area contributed by atoms with Gasteiger partial charge >= 0.3 is 0 Å². The molecule has 1 fully saturated rings. The van der Waals surface area contributed by atoms with Crippen LogP contribution in [0.1, 0.15) is 22.7 Å². The van der Waals surface area contributed by atoms with Gasteiger partial charge in [-0.3, -0.25) is 14.5 Å². The van der Waals surface area contributed by atoms with E-state index in [-0.39, 0.29) is 16.9 Å². The quantitative estimate of drug-likeness (QED) is 0.383. The number of rotatable bonds is 3. The summed E-state index contributed by atoms with van der Waals surface area (Å²) < 4.78 is 13.3. The number of hydrogen-bond acceptors (Lipinski definition) is 5. The number of aromatic hydroxyl groups is 1. The Hall–Kier alpha value is -4.44. The zero-order valence-electron chi connectivity index (χ0n) is 16.0. The average molecular weight is 414 g/mol. The molecule has 3 aromatic rings. The van der Waals surface area contributed by atoms with Gasteiger partial charge in [0.25, 0.3) is 11.7 Å². The lowest BCUT2D eigenvalue weighted by Crippen LogP contribution is -2.29. The number of halogens is 1. The molecule has 0 bridgehead atoms. The Kier molecular flexibility index (Phi) is 4.97. The smallest absolute Gasteiger partial charge is 0.300 e. The van der Waals surface area contributed by atoms with Crippen molar-refractivity contribution in [2.75, 3.05) is 4.90 Å². The second-order valence-electron chi connectivity index (χ2n) is 6.93. The van der Waals surface area contributed by atoms with Crippen LogP contribution in [0.15, 0.2) is 78.4 Å². The highest BCUT2D eigenvalue weighted by molar-refractivity contribution is 6.51. The van der Waals surface area contributed by atoms with Crippen LogP contribution in [0.5, 0.6) is 5.75 Å². The Bertz CT molecular complexity index is 1240. The van der Waals surface area contributed by atoms with Gasteiger partial charge in [0.2, 0.25) is 0 Å². The van der Waals surface area contributed by atoms with Crippen LogP contribution in [0.3, 0.4) is 0 Å². The minimum absolute atomic E-state index is 0.00221. The molecular formula is C24H15FN2O4. The summed E-state index contributed by atoms with van der Waals surface area (Å²) >= 11 is 0. The third-order valence-electron chi connectivity index (χ3n) is 5.05. The van der Waals surface area contributed by atoms with Gasteiger partial charge in [-0.2, -0.15) is 5.26 Å². The molecule has 0 saturated carbocycles. The number of aliphatic hydroxyl groups is 1. The number of amides is 1. The molecule has 152 valence electrons. The molecule has 0 spiro atoms. The first-order valence-electron chi connectivity index (χ1n) is 9.26. The van der Waals surface area contributed by atoms with Crippen LogP contribution in [0.25, 0.3) is 5.76 Å². The van der Waals surface area contributed by atoms with Crippen molar-refractivity contribution >= 4 is 23.1 Å². The maximum absolute atomic E-state index is 13.3. The highest BCUT2D eigenvalue weighted by Gasteiger charge is 2.46. The van der Waals surface area contributed by atoms with Gasteiger partial charge in [-0.05, 0) is 66.2 Å². The molecule has 0 aromatic heterocycles. The molecule has 1 aliphatic rings. The topological polar surface area (TPSA) is 102 Å². The number of aliphatic hydroxyl groups excluding tert-OH is 1. The van der Waals surface area contributed by atoms with Crippen molar-refractivity contribution in [1.82, 2.24) is 0 Å². The van der Waals surface area contributed by atoms with Gasteiger partial charge in [0.1, 0.15) is 17.3 Å². The molecule has 7 heteroatoms. The number of carbonyl (C=O) groups is 2. The van der Waals surface area contributed by atoms with Crippen LogP contribution in [0.2, 0.25) is 0 Å². The molecule has 1 heterocycles. The third kappa shape index (κ3) is 3.51. The lowest BCUT2D eigenvalue weighted by molar-refractivity contribution is -0.132. The standard InChI is InChI=1S/C24H15FN2O4/c25-17-7-3-16(4-8-17)22(29)20-21(15-5-11-19(28)12-6-15)27(24(31)23(20)30)18-9-1-14(13-26)2-10-18/h1-12,21,28-29H/b22-20+. The van der Waals surface area contributed by atoms with Crippen LogP contribution in [0.4, 0.5) is 10.1 Å². The van der Waals surface area contributed by atoms with Crippen LogP contribution in [0, 0.1) is 17.1 Å². The number of ketones is 1. The molecule has 1 unspecified atom stereocenters. The zero-order valence-corrected chi connectivity index (χ0v) is 16.0. The van der Waals surface area contributed by atoms with Gasteiger partial charge in [0.05, 0.1) is 23.2 Å². The van der Waals surface area contributed by atoms with Crippen LogP contribution in [-0.4, -0.2) is 21.9 Å². The Balaban J connectivity index is 1.92. The van der Waals surface area contributed by atoms with Gasteiger partial charge in [-0.1, -0.05) is 12.1 Å². The Morgan fingerprint density at radius 2 is 1.55 bits per heavy atom. The van der Waals surface area contributed by atoms with Gasteiger partial charge in [0, 0.05) is 11.3 Å². The number of Topliss-reactive ketones (excluding diaryl/α,β-unsaturated/α-hetero) is 1. The molecule has 2 N–H and O–H groups in total. The number of phenols is 1. The fourth-order valence-corrected chi connectivity index (χ4v) is 3.53. The molecular weight excluding hydrogens is 399 g/mol. The van der Waals surface area contributed by atoms with E-state index in [4.69, 9.17) is 5.26 Å². The number of nitrogens with zero attached hydrogens (tertiary/aromatic N) is 2. The van der Waals surface area contributed by atoms with E-state index in [2.05, 4.69) is 0 Å². The van der Waals surface area contributed by atoms with Gasteiger partial charge < -0.3 is 10.2 Å². The summed E-state index contributed by atoms with van der Waals surface area (Å²) in [4.78, 5) is 27.2. The number of nitriles is 1. The van der Waals surface area contributed by atoms with Crippen LogP contribution >= 0.6 is 0 Å². The predicted octanol–water partition coefficient (Wildman–Crippen LogP) is 4.03. The Morgan fingerprint density at radius 1 is 0.935 bits per heavy atom. The second kappa shape index (κ2) is 7.76. The Morgan fingerprint density at radius 3 is 2.13 bits per heavy atom. The lowest BCUT2D eigenvalue weighted by Gasteiger charge is -2.25. The van der Waals surface area contributed by atoms with E-state index in [9.17, 15) is 24.2 Å². The summed E-state index contributed by atoms with van der Waals surface area (Å²) in [6.07, 6.45) is 0. The fourth-order valence-electron chi connectivity index (χ4n) is 3.53. The van der Waals surface area contributed by atoms with E-state index in [0.29, 0.717) is 16.8 Å². The molecule has 1 amide bonds. The predicted molar refractivity (Wildman–Crippen MR) is 110 cm³/mol. The minimum Gasteiger partial charge on any atom is -0.508 e. The molecule has 3 aromatic carbocycles. The first-order chi connectivity index (χ1) is 14.9. The number of carbonyl (C=O) groups excluding carboxylic acids is 2. The molecule has 1 aliphatic heterocycles. The first kappa shape index (κ1) is 19.9. The largest absolute Gasteiger partial charge is 0.508 e. The van der Waals surface area contributed by atoms with Crippen LogP contribution < -0.4 is 4.90 Å². The maximum atomic E-state index is 13.3. The Labute approximate surface area is 176 Å². The van der Waals surface area contributed by atoms with Crippen molar-refractivity contribution in [1.29, 1.82) is 5.26 Å². The summed E-state index contributed by atoms with van der Waals surface area (Å²) in [6, 6.07) is 17.9. The van der Waals surface area contributed by atoms with E-state index >= 15 is 0 Å². The second-order valence-corrected chi connectivity index (χ2v) is 6.93. The van der Waals surface area contributed by atoms with Gasteiger partial charge in [-0.15, -0.1) is 0 Å². The number of benzene rings is 3. The van der Waals surface area contributed by atoms with Crippen molar-refractivity contribution in [3.05, 3.63) is 101 Å². The van der Waals surface area contributed by atoms with E-state index in [1.54, 1.807) is 12.1 Å². The summed E-state index contributed by atoms with van der Waals surface area (Å²) in [5.41, 5.74) is 1.24. The first-order valence-corrected chi connectivity index (χ1v) is 9.26. The van der Waals surface area contributed by atoms with Gasteiger partial charge in [-0.25, -0.2) is 4.39 Å². The average Bonchev–Trinajstić information content (AvgIpc) is 3.05. The van der Waals surface area contributed by atoms with Gasteiger partial charge in [0.15, 0.2) is 0 Å². The van der Waals surface area contributed by atoms with E-state index in [1.165, 1.54) is 53.4 Å². The highest BCUT2D eigenvalue weighted by Crippen LogP contribution is 2.42. The fraction of sp³-hybridized carbons (Fsp3) is 0.0417. The third-order valence-corrected chi connectivity index (χ3v) is 5.05. The van der Waals surface area contributed by atoms with Crippen molar-refractivity contribution in [2.24, 2.45) is 0 Å². The molecule has 1 atom stereocenters. The normalized spacial score (nSPS) is 17.5. The number of anilines is 1. The van der Waals surface area contributed by atoms with Crippen molar-refractivity contribution in [2.45, 2.75) is 6.04 Å². The maximum Gasteiger partial charge on any atom is 0.300 e. The molecule has 1 saturated heterocycles. The molecule has 4 rings (SSSR count). The summed E-state index contributed by atoms with van der Waals surface area (Å²) in [5, 5.41) is 29.6. The zero-order chi connectivity index (χ0) is 22.1.